The van der Waals surface area contributed by atoms with E-state index in [4.69, 9.17) is 4.74 Å². The molecule has 6 heteroatoms. The second-order valence-electron chi connectivity index (χ2n) is 7.27. The summed E-state index contributed by atoms with van der Waals surface area (Å²) in [5, 5.41) is 13.3. The van der Waals surface area contributed by atoms with Crippen molar-refractivity contribution in [3.8, 4) is 0 Å². The summed E-state index contributed by atoms with van der Waals surface area (Å²) in [6.07, 6.45) is 6.77. The molecule has 2 amide bonds. The van der Waals surface area contributed by atoms with Gasteiger partial charge in [0, 0.05) is 30.8 Å². The van der Waals surface area contributed by atoms with Crippen LogP contribution in [-0.2, 0) is 17.6 Å². The van der Waals surface area contributed by atoms with E-state index in [-0.39, 0.29) is 18.2 Å². The van der Waals surface area contributed by atoms with Crippen LogP contribution in [0.2, 0.25) is 0 Å². The van der Waals surface area contributed by atoms with Crippen LogP contribution in [0.25, 0.3) is 0 Å². The number of rotatable bonds is 4. The molecule has 6 nitrogen and oxygen atoms in total. The Hall–Kier alpha value is -2.34. The molecule has 2 aliphatic rings. The molecule has 1 aromatic heterocycles. The number of fused-ring (bicyclic) bond motifs is 1. The fraction of sp³-hybridized carbons (Fsp3) is 0.500. The summed E-state index contributed by atoms with van der Waals surface area (Å²) in [5.41, 5.74) is 3.61. The normalized spacial score (nSPS) is 25.3. The van der Waals surface area contributed by atoms with E-state index in [0.717, 1.165) is 38.7 Å². The Morgan fingerprint density at radius 2 is 2.15 bits per heavy atom. The zero-order valence-electron chi connectivity index (χ0n) is 14.9. The Morgan fingerprint density at radius 1 is 1.27 bits per heavy atom. The third kappa shape index (κ3) is 3.90. The summed E-state index contributed by atoms with van der Waals surface area (Å²) < 4.78 is 6.01. The van der Waals surface area contributed by atoms with Gasteiger partial charge in [-0.05, 0) is 43.2 Å². The number of amides is 2. The fourth-order valence-electron chi connectivity index (χ4n) is 4.06. The smallest absolute Gasteiger partial charge is 0.315 e. The van der Waals surface area contributed by atoms with Crippen molar-refractivity contribution >= 4 is 6.03 Å². The van der Waals surface area contributed by atoms with Crippen LogP contribution in [0.15, 0.2) is 36.5 Å². The zero-order valence-corrected chi connectivity index (χ0v) is 14.9. The standard InChI is InChI=1S/C20H26N4O2/c25-20(23-17-8-9-18-16(11-17)13-22-24-18)21-12-15-7-4-10-26-19(15)14-5-2-1-3-6-14/h1-3,5-6,13,15,17,19H,4,7-12H2,(H,22,24)(H2,21,23,25). The van der Waals surface area contributed by atoms with Crippen molar-refractivity contribution in [3.05, 3.63) is 53.3 Å². The fourth-order valence-corrected chi connectivity index (χ4v) is 4.06. The highest BCUT2D eigenvalue weighted by Gasteiger charge is 2.28. The number of aromatic nitrogens is 2. The number of carbonyl (C=O) groups excluding carboxylic acids is 1. The Kier molecular flexibility index (Phi) is 5.20. The SMILES string of the molecule is O=C(NCC1CCCOC1c1ccccc1)NC1CCc2[nH]ncc2C1. The number of aromatic amines is 1. The first-order valence-corrected chi connectivity index (χ1v) is 9.51. The second-order valence-corrected chi connectivity index (χ2v) is 7.27. The topological polar surface area (TPSA) is 79.0 Å². The van der Waals surface area contributed by atoms with E-state index in [1.807, 2.05) is 24.4 Å². The predicted octanol–water partition coefficient (Wildman–Crippen LogP) is 2.73. The average Bonchev–Trinajstić information content (AvgIpc) is 3.15. The number of ether oxygens (including phenoxy) is 1. The Bertz CT molecular complexity index is 730. The molecule has 4 rings (SSSR count). The molecule has 2 heterocycles. The highest BCUT2D eigenvalue weighted by atomic mass is 16.5. The van der Waals surface area contributed by atoms with E-state index in [0.29, 0.717) is 12.5 Å². The number of hydrogen-bond donors (Lipinski definition) is 3. The second kappa shape index (κ2) is 7.91. The maximum Gasteiger partial charge on any atom is 0.315 e. The first kappa shape index (κ1) is 17.1. The molecular weight excluding hydrogens is 328 g/mol. The van der Waals surface area contributed by atoms with Crippen LogP contribution < -0.4 is 10.6 Å². The van der Waals surface area contributed by atoms with Gasteiger partial charge in [0.05, 0.1) is 12.3 Å². The number of hydrogen-bond acceptors (Lipinski definition) is 3. The molecule has 3 N–H and O–H groups in total. The molecule has 3 atom stereocenters. The number of urea groups is 1. The number of nitrogens with one attached hydrogen (secondary N) is 3. The molecule has 1 aromatic carbocycles. The minimum absolute atomic E-state index is 0.0634. The summed E-state index contributed by atoms with van der Waals surface area (Å²) in [5.74, 6) is 0.309. The summed E-state index contributed by atoms with van der Waals surface area (Å²) in [6, 6.07) is 10.4. The zero-order chi connectivity index (χ0) is 17.8. The molecule has 0 radical (unpaired) electrons. The highest BCUT2D eigenvalue weighted by molar-refractivity contribution is 5.74. The van der Waals surface area contributed by atoms with Gasteiger partial charge in [0.1, 0.15) is 0 Å². The molecule has 3 unspecified atom stereocenters. The van der Waals surface area contributed by atoms with Crippen LogP contribution in [0.3, 0.4) is 0 Å². The molecule has 0 bridgehead atoms. The summed E-state index contributed by atoms with van der Waals surface area (Å²) in [6.45, 7) is 1.42. The molecule has 1 aliphatic carbocycles. The molecule has 26 heavy (non-hydrogen) atoms. The minimum atomic E-state index is -0.0840. The van der Waals surface area contributed by atoms with Crippen LogP contribution in [0.5, 0.6) is 0 Å². The van der Waals surface area contributed by atoms with Crippen LogP contribution in [0.4, 0.5) is 4.79 Å². The lowest BCUT2D eigenvalue weighted by Crippen LogP contribution is -2.46. The van der Waals surface area contributed by atoms with Crippen LogP contribution in [0.1, 0.15) is 42.2 Å². The van der Waals surface area contributed by atoms with Gasteiger partial charge in [-0.15, -0.1) is 0 Å². The molecular formula is C20H26N4O2. The van der Waals surface area contributed by atoms with Gasteiger partial charge in [0.15, 0.2) is 0 Å². The van der Waals surface area contributed by atoms with Crippen molar-refractivity contribution < 1.29 is 9.53 Å². The van der Waals surface area contributed by atoms with Gasteiger partial charge in [0.25, 0.3) is 0 Å². The number of carbonyl (C=O) groups is 1. The van der Waals surface area contributed by atoms with Crippen molar-refractivity contribution in [1.29, 1.82) is 0 Å². The lowest BCUT2D eigenvalue weighted by atomic mass is 9.89. The number of aryl methyl sites for hydroxylation is 1. The van der Waals surface area contributed by atoms with Gasteiger partial charge in [-0.3, -0.25) is 5.10 Å². The van der Waals surface area contributed by atoms with Crippen molar-refractivity contribution in [3.63, 3.8) is 0 Å². The van der Waals surface area contributed by atoms with Crippen LogP contribution >= 0.6 is 0 Å². The lowest BCUT2D eigenvalue weighted by molar-refractivity contribution is -0.0269. The number of H-pyrrole nitrogens is 1. The number of benzene rings is 1. The average molecular weight is 354 g/mol. The molecule has 0 saturated carbocycles. The van der Waals surface area contributed by atoms with Crippen molar-refractivity contribution in [1.82, 2.24) is 20.8 Å². The molecule has 2 aromatic rings. The molecule has 1 saturated heterocycles. The monoisotopic (exact) mass is 354 g/mol. The van der Waals surface area contributed by atoms with Gasteiger partial charge < -0.3 is 15.4 Å². The van der Waals surface area contributed by atoms with E-state index in [9.17, 15) is 4.79 Å². The maximum atomic E-state index is 12.4. The Labute approximate surface area is 153 Å². The molecule has 138 valence electrons. The van der Waals surface area contributed by atoms with Crippen LogP contribution in [-0.4, -0.2) is 35.4 Å². The summed E-state index contributed by atoms with van der Waals surface area (Å²) in [7, 11) is 0. The first-order chi connectivity index (χ1) is 12.8. The van der Waals surface area contributed by atoms with E-state index >= 15 is 0 Å². The Balaban J connectivity index is 1.29. The lowest BCUT2D eigenvalue weighted by Gasteiger charge is -2.32. The van der Waals surface area contributed by atoms with E-state index in [2.05, 4.69) is 33.0 Å². The molecule has 1 fully saturated rings. The van der Waals surface area contributed by atoms with E-state index in [1.165, 1.54) is 16.8 Å². The van der Waals surface area contributed by atoms with Gasteiger partial charge in [-0.25, -0.2) is 4.79 Å². The summed E-state index contributed by atoms with van der Waals surface area (Å²) in [4.78, 5) is 12.4. The predicted molar refractivity (Wildman–Crippen MR) is 98.8 cm³/mol. The molecule has 0 spiro atoms. The van der Waals surface area contributed by atoms with Gasteiger partial charge in [-0.2, -0.15) is 5.10 Å². The third-order valence-corrected chi connectivity index (χ3v) is 5.45. The first-order valence-electron chi connectivity index (χ1n) is 9.51. The van der Waals surface area contributed by atoms with Crippen LogP contribution in [0, 0.1) is 5.92 Å². The third-order valence-electron chi connectivity index (χ3n) is 5.45. The largest absolute Gasteiger partial charge is 0.373 e. The summed E-state index contributed by atoms with van der Waals surface area (Å²) >= 11 is 0. The van der Waals surface area contributed by atoms with Crippen molar-refractivity contribution in [2.24, 2.45) is 5.92 Å². The highest BCUT2D eigenvalue weighted by Crippen LogP contribution is 2.33. The van der Waals surface area contributed by atoms with Crippen molar-refractivity contribution in [2.45, 2.75) is 44.2 Å². The Morgan fingerprint density at radius 3 is 3.04 bits per heavy atom. The van der Waals surface area contributed by atoms with E-state index < -0.39 is 0 Å². The van der Waals surface area contributed by atoms with Gasteiger partial charge in [0.2, 0.25) is 0 Å². The van der Waals surface area contributed by atoms with E-state index in [1.54, 1.807) is 0 Å². The van der Waals surface area contributed by atoms with Crippen molar-refractivity contribution in [2.75, 3.05) is 13.2 Å². The maximum absolute atomic E-state index is 12.4. The quantitative estimate of drug-likeness (QED) is 0.790. The molecule has 1 aliphatic heterocycles. The van der Waals surface area contributed by atoms with Gasteiger partial charge >= 0.3 is 6.03 Å². The van der Waals surface area contributed by atoms with Gasteiger partial charge in [-0.1, -0.05) is 30.3 Å². The minimum Gasteiger partial charge on any atom is -0.373 e. The number of nitrogens with zero attached hydrogens (tertiary/aromatic N) is 1.